The van der Waals surface area contributed by atoms with E-state index < -0.39 is 23.3 Å². The Hall–Kier alpha value is -4.03. The van der Waals surface area contributed by atoms with E-state index in [1.807, 2.05) is 69.5 Å². The molecule has 3 aliphatic heterocycles. The van der Waals surface area contributed by atoms with Crippen LogP contribution in [0.2, 0.25) is 0 Å². The predicted molar refractivity (Wildman–Crippen MR) is 210 cm³/mol. The molecule has 1 saturated heterocycles. The van der Waals surface area contributed by atoms with Gasteiger partial charge >= 0.3 is 5.97 Å². The fraction of sp³-hybridized carbons (Fsp3) is 0.535. The van der Waals surface area contributed by atoms with E-state index in [4.69, 9.17) is 19.2 Å². The third-order valence-electron chi connectivity index (χ3n) is 10.4. The Morgan fingerprint density at radius 1 is 1.11 bits per heavy atom. The van der Waals surface area contributed by atoms with E-state index >= 15 is 0 Å². The van der Waals surface area contributed by atoms with Gasteiger partial charge in [-0.3, -0.25) is 4.40 Å². The van der Waals surface area contributed by atoms with Crippen molar-refractivity contribution in [3.63, 3.8) is 0 Å². The standard InChI is InChI=1S/C43H57FN4O6/c1-27-12-9-10-21-52-43(8)17-19-47(20-18-43)39-36(37(40(49)50)54-41(3,4)5)28(2)33(24-45-26-42(6,7)51)38-46-34(25-48(38)39)30-14-11-13-29(22-30)32-23-31(44)15-16-35(32)53-27/h11,13-16,22-23,25,27,37,45,51H,9-10,12,17-21,24,26H2,1-8H3,(H,49,50). The molecule has 2 aromatic carbocycles. The van der Waals surface area contributed by atoms with Crippen molar-refractivity contribution in [2.75, 3.05) is 31.1 Å². The smallest absolute Gasteiger partial charge is 0.337 e. The molecule has 6 bridgehead atoms. The summed E-state index contributed by atoms with van der Waals surface area (Å²) in [5.74, 6) is -0.0908. The fourth-order valence-electron chi connectivity index (χ4n) is 7.59. The summed E-state index contributed by atoms with van der Waals surface area (Å²) in [6.45, 7) is 17.8. The van der Waals surface area contributed by atoms with E-state index in [-0.39, 0.29) is 17.5 Å². The van der Waals surface area contributed by atoms with Gasteiger partial charge in [0.05, 0.1) is 28.6 Å². The molecule has 0 aliphatic carbocycles. The maximum absolute atomic E-state index is 14.8. The van der Waals surface area contributed by atoms with Crippen LogP contribution in [0.15, 0.2) is 48.7 Å². The normalized spacial score (nSPS) is 20.5. The van der Waals surface area contributed by atoms with Crippen molar-refractivity contribution in [1.82, 2.24) is 14.7 Å². The van der Waals surface area contributed by atoms with Gasteiger partial charge in [-0.15, -0.1) is 0 Å². The Bertz CT molecular complexity index is 1970. The SMILES string of the molecule is Cc1c(C(OC(C)(C)C)C(=O)O)c2n3cc(nc3c1CNCC(C)(C)O)-c1cccc(c1)-c1cc(F)ccc1OC(C)CCCCOC1(C)CCN2CC1. The number of rotatable bonds is 7. The fourth-order valence-corrected chi connectivity index (χ4v) is 7.59. The highest BCUT2D eigenvalue weighted by Crippen LogP contribution is 2.42. The number of imidazole rings is 1. The van der Waals surface area contributed by atoms with Gasteiger partial charge in [-0.1, -0.05) is 18.2 Å². The Labute approximate surface area is 318 Å². The number of carboxylic acids is 1. The molecule has 0 saturated carbocycles. The minimum absolute atomic E-state index is 0.0727. The molecule has 2 atom stereocenters. The molecule has 4 aromatic rings. The number of hydrogen-bond donors (Lipinski definition) is 3. The summed E-state index contributed by atoms with van der Waals surface area (Å²) in [7, 11) is 0. The number of aliphatic carboxylic acids is 1. The second-order valence-electron chi connectivity index (χ2n) is 17.0. The van der Waals surface area contributed by atoms with Gasteiger partial charge in [0, 0.05) is 61.2 Å². The van der Waals surface area contributed by atoms with Crippen LogP contribution in [-0.2, 0) is 20.8 Å². The summed E-state index contributed by atoms with van der Waals surface area (Å²) >= 11 is 0. The summed E-state index contributed by atoms with van der Waals surface area (Å²) in [5, 5.41) is 24.8. The highest BCUT2D eigenvalue weighted by atomic mass is 19.1. The van der Waals surface area contributed by atoms with Gasteiger partial charge in [0.2, 0.25) is 0 Å². The maximum Gasteiger partial charge on any atom is 0.337 e. The molecule has 2 aromatic heterocycles. The molecule has 1 fully saturated rings. The number of aliphatic hydroxyl groups is 1. The predicted octanol–water partition coefficient (Wildman–Crippen LogP) is 8.24. The first kappa shape index (κ1) is 39.7. The first-order valence-electron chi connectivity index (χ1n) is 19.3. The summed E-state index contributed by atoms with van der Waals surface area (Å²) in [5.41, 5.74) is 3.71. The first-order valence-corrected chi connectivity index (χ1v) is 19.3. The van der Waals surface area contributed by atoms with Crippen LogP contribution in [0.4, 0.5) is 10.2 Å². The largest absolute Gasteiger partial charge is 0.490 e. The van der Waals surface area contributed by atoms with Crippen molar-refractivity contribution in [3.8, 4) is 28.1 Å². The summed E-state index contributed by atoms with van der Waals surface area (Å²) in [6.07, 6.45) is 4.80. The average Bonchev–Trinajstić information content (AvgIpc) is 3.53. The van der Waals surface area contributed by atoms with Gasteiger partial charge in [-0.25, -0.2) is 14.2 Å². The number of anilines is 1. The Balaban J connectivity index is 1.60. The highest BCUT2D eigenvalue weighted by Gasteiger charge is 2.38. The lowest BCUT2D eigenvalue weighted by Crippen LogP contribution is -2.46. The van der Waals surface area contributed by atoms with Crippen molar-refractivity contribution in [1.29, 1.82) is 0 Å². The molecule has 0 spiro atoms. The number of nitrogens with one attached hydrogen (secondary N) is 1. The van der Waals surface area contributed by atoms with Crippen LogP contribution in [0, 0.1) is 12.7 Å². The van der Waals surface area contributed by atoms with Crippen LogP contribution in [-0.4, -0.2) is 74.7 Å². The Morgan fingerprint density at radius 3 is 2.52 bits per heavy atom. The number of aromatic nitrogens is 2. The van der Waals surface area contributed by atoms with E-state index in [0.29, 0.717) is 61.0 Å². The molecule has 2 unspecified atom stereocenters. The Morgan fingerprint density at radius 2 is 1.83 bits per heavy atom. The van der Waals surface area contributed by atoms with Gasteiger partial charge in [-0.2, -0.15) is 0 Å². The van der Waals surface area contributed by atoms with E-state index in [2.05, 4.69) is 17.1 Å². The molecule has 54 heavy (non-hydrogen) atoms. The number of halogens is 1. The lowest BCUT2D eigenvalue weighted by Gasteiger charge is -2.42. The third-order valence-corrected chi connectivity index (χ3v) is 10.4. The van der Waals surface area contributed by atoms with Gasteiger partial charge in [0.15, 0.2) is 6.10 Å². The highest BCUT2D eigenvalue weighted by molar-refractivity contribution is 5.82. The number of carbonyl (C=O) groups is 1. The van der Waals surface area contributed by atoms with Crippen LogP contribution < -0.4 is 15.0 Å². The van der Waals surface area contributed by atoms with Crippen LogP contribution in [0.25, 0.3) is 28.0 Å². The van der Waals surface area contributed by atoms with Crippen LogP contribution in [0.3, 0.4) is 0 Å². The maximum atomic E-state index is 14.8. The van der Waals surface area contributed by atoms with E-state index in [1.54, 1.807) is 19.9 Å². The number of piperidine rings is 1. The van der Waals surface area contributed by atoms with Gasteiger partial charge in [-0.05, 0) is 123 Å². The Kier molecular flexibility index (Phi) is 11.5. The molecular formula is C43H57FN4O6. The molecule has 3 N–H and O–H groups in total. The second kappa shape index (κ2) is 15.6. The van der Waals surface area contributed by atoms with Crippen molar-refractivity contribution in [2.24, 2.45) is 0 Å². The zero-order chi connectivity index (χ0) is 39.0. The summed E-state index contributed by atoms with van der Waals surface area (Å²) < 4.78 is 36.2. The lowest BCUT2D eigenvalue weighted by molar-refractivity contribution is -0.160. The zero-order valence-electron chi connectivity index (χ0n) is 33.1. The second-order valence-corrected chi connectivity index (χ2v) is 17.0. The molecule has 11 heteroatoms. The van der Waals surface area contributed by atoms with Crippen molar-refractivity contribution in [3.05, 3.63) is 71.2 Å². The minimum Gasteiger partial charge on any atom is -0.490 e. The van der Waals surface area contributed by atoms with E-state index in [9.17, 15) is 19.4 Å². The van der Waals surface area contributed by atoms with Crippen LogP contribution in [0.5, 0.6) is 5.75 Å². The van der Waals surface area contributed by atoms with Gasteiger partial charge < -0.3 is 34.6 Å². The number of ether oxygens (including phenoxy) is 3. The number of carboxylic acid groups (broad SMARTS) is 1. The van der Waals surface area contributed by atoms with Crippen molar-refractivity contribution in [2.45, 2.75) is 123 Å². The number of nitrogens with zero attached hydrogens (tertiary/aromatic N) is 3. The topological polar surface area (TPSA) is 118 Å². The lowest BCUT2D eigenvalue weighted by atomic mass is 9.91. The third kappa shape index (κ3) is 9.08. The van der Waals surface area contributed by atoms with Crippen molar-refractivity contribution < 1.29 is 33.6 Å². The number of hydrogen-bond acceptors (Lipinski definition) is 8. The summed E-state index contributed by atoms with van der Waals surface area (Å²) in [4.78, 5) is 20.7. The quantitative estimate of drug-likeness (QED) is 0.172. The zero-order valence-corrected chi connectivity index (χ0v) is 33.1. The van der Waals surface area contributed by atoms with Gasteiger partial charge in [0.25, 0.3) is 0 Å². The molecule has 3 aliphatic rings. The number of pyridine rings is 1. The summed E-state index contributed by atoms with van der Waals surface area (Å²) in [6, 6.07) is 12.5. The molecule has 292 valence electrons. The molecule has 10 nitrogen and oxygen atoms in total. The van der Waals surface area contributed by atoms with Gasteiger partial charge in [0.1, 0.15) is 23.0 Å². The van der Waals surface area contributed by atoms with Crippen LogP contribution >= 0.6 is 0 Å². The van der Waals surface area contributed by atoms with E-state index in [0.717, 1.165) is 60.2 Å². The van der Waals surface area contributed by atoms with Crippen molar-refractivity contribution >= 4 is 17.4 Å². The number of fused-ring (bicyclic) bond motifs is 8. The van der Waals surface area contributed by atoms with Crippen LogP contribution in [0.1, 0.15) is 103 Å². The molecule has 7 rings (SSSR count). The molecular weight excluding hydrogens is 687 g/mol. The number of benzene rings is 2. The average molecular weight is 745 g/mol. The molecule has 0 amide bonds. The molecule has 5 heterocycles. The minimum atomic E-state index is -1.27. The van der Waals surface area contributed by atoms with E-state index in [1.165, 1.54) is 12.1 Å². The monoisotopic (exact) mass is 744 g/mol. The first-order chi connectivity index (χ1) is 25.4. The molecule has 0 radical (unpaired) electrons.